The second-order valence-electron chi connectivity index (χ2n) is 10.3. The summed E-state index contributed by atoms with van der Waals surface area (Å²) in [6.07, 6.45) is 3.42. The standard InChI is InChI=1S/C24H34N/c1-16-12-19-20(24(7,8)15-23(19,5)6)14-18(16)21-13-17(22(2,3)4)10-11-25(21)9/h10-14H,15H2,1-9H3/q+1. The van der Waals surface area contributed by atoms with Gasteiger partial charge in [-0.25, -0.2) is 4.57 Å². The minimum Gasteiger partial charge on any atom is -0.201 e. The summed E-state index contributed by atoms with van der Waals surface area (Å²) in [4.78, 5) is 0. The fourth-order valence-corrected chi connectivity index (χ4v) is 4.70. The Hall–Kier alpha value is -1.63. The van der Waals surface area contributed by atoms with E-state index in [1.807, 2.05) is 0 Å². The van der Waals surface area contributed by atoms with Crippen LogP contribution in [0, 0.1) is 6.92 Å². The summed E-state index contributed by atoms with van der Waals surface area (Å²) in [5.41, 5.74) is 9.18. The smallest absolute Gasteiger partial charge is 0.201 e. The summed E-state index contributed by atoms with van der Waals surface area (Å²) >= 11 is 0. The lowest BCUT2D eigenvalue weighted by Gasteiger charge is -2.22. The zero-order valence-corrected chi connectivity index (χ0v) is 17.5. The molecule has 1 aromatic heterocycles. The van der Waals surface area contributed by atoms with E-state index >= 15 is 0 Å². The van der Waals surface area contributed by atoms with Crippen molar-refractivity contribution in [2.75, 3.05) is 0 Å². The number of aryl methyl sites for hydroxylation is 2. The third-order valence-electron chi connectivity index (χ3n) is 6.00. The molecule has 0 N–H and O–H groups in total. The molecule has 0 amide bonds. The van der Waals surface area contributed by atoms with E-state index in [1.165, 1.54) is 39.9 Å². The largest absolute Gasteiger partial charge is 0.212 e. The molecule has 0 aliphatic heterocycles. The van der Waals surface area contributed by atoms with Gasteiger partial charge in [0.05, 0.1) is 0 Å². The second-order valence-corrected chi connectivity index (χ2v) is 10.3. The van der Waals surface area contributed by atoms with Crippen LogP contribution in [0.15, 0.2) is 30.5 Å². The number of aromatic nitrogens is 1. The van der Waals surface area contributed by atoms with E-state index in [0.717, 1.165) is 0 Å². The molecule has 1 aromatic carbocycles. The highest BCUT2D eigenvalue weighted by atomic mass is 14.9. The third kappa shape index (κ3) is 3.03. The average Bonchev–Trinajstić information content (AvgIpc) is 2.62. The van der Waals surface area contributed by atoms with Crippen LogP contribution < -0.4 is 4.57 Å². The third-order valence-corrected chi connectivity index (χ3v) is 6.00. The van der Waals surface area contributed by atoms with Gasteiger partial charge in [0.15, 0.2) is 6.20 Å². The molecule has 0 saturated carbocycles. The van der Waals surface area contributed by atoms with E-state index in [2.05, 4.69) is 97.5 Å². The summed E-state index contributed by atoms with van der Waals surface area (Å²) in [5, 5.41) is 0. The number of nitrogens with zero attached hydrogens (tertiary/aromatic N) is 1. The van der Waals surface area contributed by atoms with Gasteiger partial charge < -0.3 is 0 Å². The van der Waals surface area contributed by atoms with Crippen molar-refractivity contribution < 1.29 is 4.57 Å². The molecule has 1 heterocycles. The van der Waals surface area contributed by atoms with Crippen molar-refractivity contribution in [3.63, 3.8) is 0 Å². The van der Waals surface area contributed by atoms with Gasteiger partial charge in [0, 0.05) is 17.7 Å². The SMILES string of the molecule is Cc1cc2c(cc1-c1cc(C(C)(C)C)cc[n+]1C)C(C)(C)CC2(C)C. The molecule has 3 rings (SSSR count). The first-order valence-corrected chi connectivity index (χ1v) is 9.49. The molecule has 1 aliphatic carbocycles. The van der Waals surface area contributed by atoms with E-state index in [0.29, 0.717) is 0 Å². The summed E-state index contributed by atoms with van der Waals surface area (Å²) < 4.78 is 2.26. The van der Waals surface area contributed by atoms with Crippen LogP contribution in [0.1, 0.15) is 77.1 Å². The molecule has 25 heavy (non-hydrogen) atoms. The van der Waals surface area contributed by atoms with Crippen LogP contribution in [-0.2, 0) is 23.3 Å². The predicted octanol–water partition coefficient (Wildman–Crippen LogP) is 5.74. The predicted molar refractivity (Wildman–Crippen MR) is 107 cm³/mol. The van der Waals surface area contributed by atoms with Gasteiger partial charge in [-0.2, -0.15) is 0 Å². The lowest BCUT2D eigenvalue weighted by Crippen LogP contribution is -2.32. The van der Waals surface area contributed by atoms with Crippen LogP contribution >= 0.6 is 0 Å². The number of rotatable bonds is 1. The monoisotopic (exact) mass is 336 g/mol. The van der Waals surface area contributed by atoms with Crippen molar-refractivity contribution in [1.29, 1.82) is 0 Å². The van der Waals surface area contributed by atoms with Gasteiger partial charge in [-0.1, -0.05) is 54.5 Å². The highest BCUT2D eigenvalue weighted by Gasteiger charge is 2.42. The Kier molecular flexibility index (Phi) is 3.95. The summed E-state index contributed by atoms with van der Waals surface area (Å²) in [6.45, 7) is 18.7. The van der Waals surface area contributed by atoms with Crippen molar-refractivity contribution in [1.82, 2.24) is 0 Å². The molecule has 0 atom stereocenters. The van der Waals surface area contributed by atoms with Gasteiger partial charge in [-0.3, -0.25) is 0 Å². The van der Waals surface area contributed by atoms with Crippen molar-refractivity contribution in [3.05, 3.63) is 52.7 Å². The summed E-state index contributed by atoms with van der Waals surface area (Å²) in [5.74, 6) is 0. The Labute approximate surface area is 154 Å². The van der Waals surface area contributed by atoms with Crippen LogP contribution in [0.25, 0.3) is 11.3 Å². The fourth-order valence-electron chi connectivity index (χ4n) is 4.70. The molecule has 134 valence electrons. The Balaban J connectivity index is 2.24. The molecule has 0 radical (unpaired) electrons. The lowest BCUT2D eigenvalue weighted by atomic mass is 9.82. The van der Waals surface area contributed by atoms with E-state index in [-0.39, 0.29) is 16.2 Å². The molecule has 1 heteroatoms. The van der Waals surface area contributed by atoms with Crippen molar-refractivity contribution >= 4 is 0 Å². The first-order chi connectivity index (χ1) is 11.3. The molecule has 0 unspecified atom stereocenters. The van der Waals surface area contributed by atoms with Gasteiger partial charge in [-0.05, 0) is 57.9 Å². The molecule has 1 aliphatic rings. The Bertz CT molecular complexity index is 832. The van der Waals surface area contributed by atoms with Crippen molar-refractivity contribution in [3.8, 4) is 11.3 Å². The van der Waals surface area contributed by atoms with Gasteiger partial charge in [0.1, 0.15) is 7.05 Å². The van der Waals surface area contributed by atoms with Crippen LogP contribution in [0.5, 0.6) is 0 Å². The molecule has 0 spiro atoms. The minimum absolute atomic E-state index is 0.162. The zero-order valence-electron chi connectivity index (χ0n) is 17.5. The summed E-state index contributed by atoms with van der Waals surface area (Å²) in [7, 11) is 2.16. The number of hydrogen-bond donors (Lipinski definition) is 0. The molecular weight excluding hydrogens is 302 g/mol. The van der Waals surface area contributed by atoms with E-state index in [1.54, 1.807) is 0 Å². The van der Waals surface area contributed by atoms with Gasteiger partial charge >= 0.3 is 0 Å². The molecule has 0 fully saturated rings. The van der Waals surface area contributed by atoms with Crippen molar-refractivity contribution in [2.24, 2.45) is 7.05 Å². The maximum absolute atomic E-state index is 2.47. The minimum atomic E-state index is 0.162. The highest BCUT2D eigenvalue weighted by molar-refractivity contribution is 5.66. The number of hydrogen-bond acceptors (Lipinski definition) is 0. The second kappa shape index (κ2) is 5.43. The number of benzene rings is 1. The van der Waals surface area contributed by atoms with E-state index in [9.17, 15) is 0 Å². The first-order valence-electron chi connectivity index (χ1n) is 9.49. The van der Waals surface area contributed by atoms with Crippen LogP contribution in [0.4, 0.5) is 0 Å². The number of pyridine rings is 1. The van der Waals surface area contributed by atoms with Gasteiger partial charge in [0.2, 0.25) is 5.69 Å². The Morgan fingerprint density at radius 3 is 2.04 bits per heavy atom. The topological polar surface area (TPSA) is 3.88 Å². The molecule has 0 saturated heterocycles. The lowest BCUT2D eigenvalue weighted by molar-refractivity contribution is -0.660. The number of fused-ring (bicyclic) bond motifs is 1. The summed E-state index contributed by atoms with van der Waals surface area (Å²) in [6, 6.07) is 9.55. The molecular formula is C24H34N+. The molecule has 2 aromatic rings. The van der Waals surface area contributed by atoms with Gasteiger partial charge in [0.25, 0.3) is 0 Å². The van der Waals surface area contributed by atoms with Crippen molar-refractivity contribution in [2.45, 2.75) is 78.1 Å². The fraction of sp³-hybridized carbons (Fsp3) is 0.542. The van der Waals surface area contributed by atoms with Crippen LogP contribution in [0.3, 0.4) is 0 Å². The Morgan fingerprint density at radius 1 is 0.920 bits per heavy atom. The highest BCUT2D eigenvalue weighted by Crippen LogP contribution is 2.50. The maximum atomic E-state index is 2.47. The van der Waals surface area contributed by atoms with E-state index < -0.39 is 0 Å². The first kappa shape index (κ1) is 18.2. The zero-order chi connectivity index (χ0) is 18.8. The average molecular weight is 337 g/mol. The molecule has 1 nitrogen and oxygen atoms in total. The van der Waals surface area contributed by atoms with E-state index in [4.69, 9.17) is 0 Å². The van der Waals surface area contributed by atoms with Gasteiger partial charge in [-0.15, -0.1) is 0 Å². The maximum Gasteiger partial charge on any atom is 0.212 e. The van der Waals surface area contributed by atoms with Crippen LogP contribution in [-0.4, -0.2) is 0 Å². The molecule has 0 bridgehead atoms. The quantitative estimate of drug-likeness (QED) is 0.584. The van der Waals surface area contributed by atoms with Crippen LogP contribution in [0.2, 0.25) is 0 Å². The Morgan fingerprint density at radius 2 is 1.48 bits per heavy atom. The normalized spacial score (nSPS) is 18.3.